The van der Waals surface area contributed by atoms with E-state index in [9.17, 15) is 4.79 Å². The van der Waals surface area contributed by atoms with E-state index in [4.69, 9.17) is 0 Å². The maximum atomic E-state index is 11.8. The van der Waals surface area contributed by atoms with Crippen LogP contribution in [-0.4, -0.2) is 20.1 Å². The summed E-state index contributed by atoms with van der Waals surface area (Å²) >= 11 is 0. The van der Waals surface area contributed by atoms with Gasteiger partial charge in [-0.1, -0.05) is 30.3 Å². The molecule has 2 N–H and O–H groups in total. The molecular formula is C16H19N3O. The molecule has 0 aliphatic rings. The van der Waals surface area contributed by atoms with Crippen LogP contribution in [-0.2, 0) is 6.54 Å². The lowest BCUT2D eigenvalue weighted by molar-refractivity contribution is 0.251. The first-order valence-electron chi connectivity index (χ1n) is 6.51. The predicted octanol–water partition coefficient (Wildman–Crippen LogP) is 3.07. The second kappa shape index (κ2) is 6.61. The first-order valence-corrected chi connectivity index (χ1v) is 6.51. The van der Waals surface area contributed by atoms with Crippen molar-refractivity contribution in [1.29, 1.82) is 0 Å². The van der Waals surface area contributed by atoms with Crippen LogP contribution in [0.5, 0.6) is 0 Å². The first kappa shape index (κ1) is 13.9. The smallest absolute Gasteiger partial charge is 0.319 e. The van der Waals surface area contributed by atoms with Crippen LogP contribution in [0.3, 0.4) is 0 Å². The third-order valence-corrected chi connectivity index (χ3v) is 2.91. The van der Waals surface area contributed by atoms with Crippen LogP contribution in [0.4, 0.5) is 16.2 Å². The highest BCUT2D eigenvalue weighted by atomic mass is 16.2. The van der Waals surface area contributed by atoms with E-state index >= 15 is 0 Å². The Hall–Kier alpha value is -2.49. The molecule has 4 nitrogen and oxygen atoms in total. The second-order valence-corrected chi connectivity index (χ2v) is 4.74. The van der Waals surface area contributed by atoms with Gasteiger partial charge < -0.3 is 15.5 Å². The minimum absolute atomic E-state index is 0.202. The third kappa shape index (κ3) is 4.02. The van der Waals surface area contributed by atoms with Gasteiger partial charge in [0.2, 0.25) is 0 Å². The maximum absolute atomic E-state index is 11.8. The Labute approximate surface area is 119 Å². The van der Waals surface area contributed by atoms with Crippen molar-refractivity contribution in [1.82, 2.24) is 5.32 Å². The van der Waals surface area contributed by atoms with Crippen LogP contribution in [0, 0.1) is 0 Å². The molecule has 0 radical (unpaired) electrons. The van der Waals surface area contributed by atoms with Crippen LogP contribution in [0.15, 0.2) is 54.6 Å². The second-order valence-electron chi connectivity index (χ2n) is 4.74. The maximum Gasteiger partial charge on any atom is 0.319 e. The van der Waals surface area contributed by atoms with Gasteiger partial charge in [0.15, 0.2) is 0 Å². The number of hydrogen-bond acceptors (Lipinski definition) is 2. The highest BCUT2D eigenvalue weighted by molar-refractivity contribution is 5.89. The zero-order chi connectivity index (χ0) is 14.4. The molecule has 0 unspecified atom stereocenters. The van der Waals surface area contributed by atoms with Gasteiger partial charge in [-0.3, -0.25) is 0 Å². The van der Waals surface area contributed by atoms with E-state index in [1.54, 1.807) is 0 Å². The molecule has 0 bridgehead atoms. The van der Waals surface area contributed by atoms with E-state index < -0.39 is 0 Å². The largest absolute Gasteiger partial charge is 0.378 e. The molecule has 0 aliphatic carbocycles. The fourth-order valence-corrected chi connectivity index (χ4v) is 1.82. The van der Waals surface area contributed by atoms with Crippen LogP contribution in [0.2, 0.25) is 0 Å². The number of urea groups is 1. The summed E-state index contributed by atoms with van der Waals surface area (Å²) in [4.78, 5) is 13.8. The van der Waals surface area contributed by atoms with Crippen LogP contribution in [0.25, 0.3) is 0 Å². The number of para-hydroxylation sites is 1. The van der Waals surface area contributed by atoms with E-state index in [-0.39, 0.29) is 6.03 Å². The number of benzene rings is 2. The number of nitrogens with one attached hydrogen (secondary N) is 2. The number of anilines is 2. The topological polar surface area (TPSA) is 44.4 Å². The van der Waals surface area contributed by atoms with Crippen molar-refractivity contribution < 1.29 is 4.79 Å². The van der Waals surface area contributed by atoms with Gasteiger partial charge in [-0.25, -0.2) is 4.79 Å². The Kier molecular flexibility index (Phi) is 4.60. The fraction of sp³-hybridized carbons (Fsp3) is 0.188. The van der Waals surface area contributed by atoms with E-state index in [1.807, 2.05) is 67.5 Å². The summed E-state index contributed by atoms with van der Waals surface area (Å²) in [5.74, 6) is 0. The third-order valence-electron chi connectivity index (χ3n) is 2.91. The van der Waals surface area contributed by atoms with Gasteiger partial charge >= 0.3 is 6.03 Å². The van der Waals surface area contributed by atoms with E-state index in [0.29, 0.717) is 6.54 Å². The molecule has 2 aromatic carbocycles. The van der Waals surface area contributed by atoms with Gasteiger partial charge in [0.05, 0.1) is 0 Å². The number of carbonyl (C=O) groups is 1. The molecule has 2 aromatic rings. The van der Waals surface area contributed by atoms with E-state index in [1.165, 1.54) is 0 Å². The predicted molar refractivity (Wildman–Crippen MR) is 83.1 cm³/mol. The summed E-state index contributed by atoms with van der Waals surface area (Å²) in [6.07, 6.45) is 0. The van der Waals surface area contributed by atoms with Crippen molar-refractivity contribution in [3.8, 4) is 0 Å². The summed E-state index contributed by atoms with van der Waals surface area (Å²) in [5, 5.41) is 5.63. The molecular weight excluding hydrogens is 250 g/mol. The average molecular weight is 269 g/mol. The van der Waals surface area contributed by atoms with Crippen molar-refractivity contribution in [2.45, 2.75) is 6.54 Å². The lowest BCUT2D eigenvalue weighted by atomic mass is 10.2. The first-order chi connectivity index (χ1) is 9.65. The lowest BCUT2D eigenvalue weighted by Crippen LogP contribution is -2.28. The molecule has 20 heavy (non-hydrogen) atoms. The number of amides is 2. The quantitative estimate of drug-likeness (QED) is 0.896. The summed E-state index contributed by atoms with van der Waals surface area (Å²) in [6.45, 7) is 0.500. The van der Waals surface area contributed by atoms with Gasteiger partial charge in [-0.2, -0.15) is 0 Å². The van der Waals surface area contributed by atoms with E-state index in [2.05, 4.69) is 16.7 Å². The van der Waals surface area contributed by atoms with Crippen molar-refractivity contribution in [3.63, 3.8) is 0 Å². The monoisotopic (exact) mass is 269 g/mol. The van der Waals surface area contributed by atoms with E-state index in [0.717, 1.165) is 16.9 Å². The summed E-state index contributed by atoms with van der Waals surface area (Å²) in [5.41, 5.74) is 2.97. The zero-order valence-electron chi connectivity index (χ0n) is 11.8. The van der Waals surface area contributed by atoms with Crippen molar-refractivity contribution in [2.75, 3.05) is 24.3 Å². The zero-order valence-corrected chi connectivity index (χ0v) is 11.8. The molecule has 2 rings (SSSR count). The number of hydrogen-bond donors (Lipinski definition) is 2. The lowest BCUT2D eigenvalue weighted by Gasteiger charge is -2.14. The van der Waals surface area contributed by atoms with Gasteiger partial charge in [0.25, 0.3) is 0 Å². The van der Waals surface area contributed by atoms with Crippen molar-refractivity contribution >= 4 is 17.4 Å². The van der Waals surface area contributed by atoms with Crippen LogP contribution >= 0.6 is 0 Å². The highest BCUT2D eigenvalue weighted by Crippen LogP contribution is 2.13. The Morgan fingerprint density at radius 3 is 2.50 bits per heavy atom. The van der Waals surface area contributed by atoms with Gasteiger partial charge in [-0.05, 0) is 29.8 Å². The molecule has 0 saturated carbocycles. The highest BCUT2D eigenvalue weighted by Gasteiger charge is 2.02. The van der Waals surface area contributed by atoms with Crippen molar-refractivity contribution in [2.24, 2.45) is 0 Å². The Morgan fingerprint density at radius 2 is 1.80 bits per heavy atom. The summed E-state index contributed by atoms with van der Waals surface area (Å²) < 4.78 is 0. The molecule has 0 spiro atoms. The average Bonchev–Trinajstić information content (AvgIpc) is 2.46. The summed E-state index contributed by atoms with van der Waals surface area (Å²) in [6, 6.07) is 17.3. The Morgan fingerprint density at radius 1 is 1.05 bits per heavy atom. The number of nitrogens with zero attached hydrogens (tertiary/aromatic N) is 1. The van der Waals surface area contributed by atoms with Crippen LogP contribution < -0.4 is 15.5 Å². The van der Waals surface area contributed by atoms with Gasteiger partial charge in [-0.15, -0.1) is 0 Å². The molecule has 2 amide bonds. The SMILES string of the molecule is CN(C)c1cccc(CNC(=O)Nc2ccccc2)c1. The van der Waals surface area contributed by atoms with Gasteiger partial charge in [0, 0.05) is 32.0 Å². The molecule has 0 atom stereocenters. The normalized spacial score (nSPS) is 9.90. The molecule has 0 aliphatic heterocycles. The van der Waals surface area contributed by atoms with Crippen LogP contribution in [0.1, 0.15) is 5.56 Å². The van der Waals surface area contributed by atoms with Crippen molar-refractivity contribution in [3.05, 3.63) is 60.2 Å². The molecule has 0 aromatic heterocycles. The Bertz CT molecular complexity index is 567. The molecule has 104 valence electrons. The Balaban J connectivity index is 1.89. The standard InChI is InChI=1S/C16H19N3O/c1-19(2)15-10-6-7-13(11-15)12-17-16(20)18-14-8-4-3-5-9-14/h3-11H,12H2,1-2H3,(H2,17,18,20). The van der Waals surface area contributed by atoms with Gasteiger partial charge in [0.1, 0.15) is 0 Å². The molecule has 0 fully saturated rings. The molecule has 0 saturated heterocycles. The molecule has 4 heteroatoms. The number of rotatable bonds is 4. The minimum Gasteiger partial charge on any atom is -0.378 e. The minimum atomic E-state index is -0.202. The molecule has 0 heterocycles. The summed E-state index contributed by atoms with van der Waals surface area (Å²) in [7, 11) is 3.99. The number of carbonyl (C=O) groups excluding carboxylic acids is 1. The fourth-order valence-electron chi connectivity index (χ4n) is 1.82.